The van der Waals surface area contributed by atoms with E-state index in [0.717, 1.165) is 10.9 Å². The van der Waals surface area contributed by atoms with E-state index >= 15 is 0 Å². The van der Waals surface area contributed by atoms with Crippen molar-refractivity contribution in [2.45, 2.75) is 12.5 Å². The van der Waals surface area contributed by atoms with E-state index in [-0.39, 0.29) is 24.3 Å². The number of nitrogens with one attached hydrogen (secondary N) is 1. The van der Waals surface area contributed by atoms with Crippen LogP contribution >= 0.6 is 0 Å². The van der Waals surface area contributed by atoms with Gasteiger partial charge in [-0.3, -0.25) is 9.59 Å². The van der Waals surface area contributed by atoms with Crippen molar-refractivity contribution >= 4 is 22.7 Å². The molecule has 1 aromatic carbocycles. The molecule has 25 heavy (non-hydrogen) atoms. The zero-order chi connectivity index (χ0) is 17.8. The fourth-order valence-corrected chi connectivity index (χ4v) is 3.10. The van der Waals surface area contributed by atoms with Crippen molar-refractivity contribution < 1.29 is 14.3 Å². The summed E-state index contributed by atoms with van der Waals surface area (Å²) in [5.41, 5.74) is 7.10. The van der Waals surface area contributed by atoms with Gasteiger partial charge in [-0.1, -0.05) is 18.2 Å². The van der Waals surface area contributed by atoms with Crippen LogP contribution < -0.4 is 5.73 Å². The van der Waals surface area contributed by atoms with Crippen LogP contribution in [-0.2, 0) is 9.53 Å². The van der Waals surface area contributed by atoms with Crippen LogP contribution in [0.2, 0.25) is 0 Å². The number of rotatable bonds is 5. The van der Waals surface area contributed by atoms with Crippen molar-refractivity contribution in [1.82, 2.24) is 14.8 Å². The molecule has 7 nitrogen and oxygen atoms in total. The molecule has 1 aliphatic rings. The van der Waals surface area contributed by atoms with Crippen molar-refractivity contribution in [2.24, 2.45) is 5.73 Å². The lowest BCUT2D eigenvalue weighted by Gasteiger charge is -2.35. The van der Waals surface area contributed by atoms with Crippen molar-refractivity contribution in [3.05, 3.63) is 36.0 Å². The van der Waals surface area contributed by atoms with Gasteiger partial charge in [-0.05, 0) is 12.1 Å². The number of nitrogens with zero attached hydrogens (tertiary/aromatic N) is 2. The molecule has 0 spiro atoms. The SMILES string of the molecule is COC(CN)CC(=O)N1CCN(C(=O)c2cc3ccccc3[nH]2)CC1. The van der Waals surface area contributed by atoms with Crippen LogP contribution in [0.4, 0.5) is 0 Å². The molecule has 3 rings (SSSR count). The van der Waals surface area contributed by atoms with E-state index in [4.69, 9.17) is 10.5 Å². The van der Waals surface area contributed by atoms with Crippen LogP contribution in [-0.4, -0.2) is 72.5 Å². The topological polar surface area (TPSA) is 91.7 Å². The predicted octanol–water partition coefficient (Wildman–Crippen LogP) is 0.816. The van der Waals surface area contributed by atoms with E-state index in [1.165, 1.54) is 0 Å². The molecule has 1 saturated heterocycles. The molecule has 0 saturated carbocycles. The zero-order valence-electron chi connectivity index (χ0n) is 14.4. The summed E-state index contributed by atoms with van der Waals surface area (Å²) in [4.78, 5) is 31.7. The first-order valence-corrected chi connectivity index (χ1v) is 8.50. The standard InChI is InChI=1S/C18H24N4O3/c1-25-14(12-19)11-17(23)21-6-8-22(9-7-21)18(24)16-10-13-4-2-3-5-15(13)20-16/h2-5,10,14,20H,6-9,11-12,19H2,1H3. The monoisotopic (exact) mass is 344 g/mol. The second kappa shape index (κ2) is 7.67. The molecule has 2 amide bonds. The number of carbonyl (C=O) groups is 2. The highest BCUT2D eigenvalue weighted by molar-refractivity contribution is 5.98. The number of aromatic nitrogens is 1. The number of hydrogen-bond donors (Lipinski definition) is 2. The number of hydrogen-bond acceptors (Lipinski definition) is 4. The summed E-state index contributed by atoms with van der Waals surface area (Å²) in [7, 11) is 1.56. The second-order valence-corrected chi connectivity index (χ2v) is 6.24. The first-order chi connectivity index (χ1) is 12.1. The minimum Gasteiger partial charge on any atom is -0.380 e. The maximum absolute atomic E-state index is 12.7. The number of piperazine rings is 1. The number of methoxy groups -OCH3 is 1. The van der Waals surface area contributed by atoms with E-state index in [2.05, 4.69) is 4.98 Å². The maximum atomic E-state index is 12.7. The number of nitrogens with two attached hydrogens (primary N) is 1. The Labute approximate surface area is 146 Å². The summed E-state index contributed by atoms with van der Waals surface area (Å²) < 4.78 is 5.17. The summed E-state index contributed by atoms with van der Waals surface area (Å²) in [5.74, 6) is -0.00460. The Morgan fingerprint density at radius 1 is 1.20 bits per heavy atom. The molecule has 0 aliphatic carbocycles. The van der Waals surface area contributed by atoms with E-state index in [1.807, 2.05) is 30.3 Å². The largest absolute Gasteiger partial charge is 0.380 e. The van der Waals surface area contributed by atoms with Gasteiger partial charge < -0.3 is 25.3 Å². The predicted molar refractivity (Wildman–Crippen MR) is 95.3 cm³/mol. The smallest absolute Gasteiger partial charge is 0.270 e. The number of amides is 2. The molecule has 1 aromatic heterocycles. The first kappa shape index (κ1) is 17.4. The number of carbonyl (C=O) groups excluding carboxylic acids is 2. The summed E-state index contributed by atoms with van der Waals surface area (Å²) >= 11 is 0. The molecule has 1 unspecified atom stereocenters. The lowest BCUT2D eigenvalue weighted by Crippen LogP contribution is -2.51. The lowest BCUT2D eigenvalue weighted by atomic mass is 10.2. The van der Waals surface area contributed by atoms with Crippen molar-refractivity contribution in [3.63, 3.8) is 0 Å². The first-order valence-electron chi connectivity index (χ1n) is 8.50. The van der Waals surface area contributed by atoms with Gasteiger partial charge in [0.25, 0.3) is 5.91 Å². The highest BCUT2D eigenvalue weighted by atomic mass is 16.5. The Hall–Kier alpha value is -2.38. The molecular formula is C18H24N4O3. The van der Waals surface area contributed by atoms with Crippen LogP contribution in [0.25, 0.3) is 10.9 Å². The van der Waals surface area contributed by atoms with Crippen molar-refractivity contribution in [1.29, 1.82) is 0 Å². The van der Waals surface area contributed by atoms with E-state index in [0.29, 0.717) is 38.4 Å². The average molecular weight is 344 g/mol. The molecule has 1 fully saturated rings. The van der Waals surface area contributed by atoms with E-state index in [9.17, 15) is 9.59 Å². The third-order valence-electron chi connectivity index (χ3n) is 4.68. The number of fused-ring (bicyclic) bond motifs is 1. The summed E-state index contributed by atoms with van der Waals surface area (Å²) in [6, 6.07) is 9.68. The number of ether oxygens (including phenoxy) is 1. The van der Waals surface area contributed by atoms with Gasteiger partial charge >= 0.3 is 0 Å². The van der Waals surface area contributed by atoms with Crippen LogP contribution in [0.5, 0.6) is 0 Å². The van der Waals surface area contributed by atoms with Gasteiger partial charge in [-0.15, -0.1) is 0 Å². The normalized spacial score (nSPS) is 16.2. The minimum atomic E-state index is -0.251. The molecule has 1 aliphatic heterocycles. The summed E-state index contributed by atoms with van der Waals surface area (Å²) in [6.45, 7) is 2.44. The third-order valence-corrected chi connectivity index (χ3v) is 4.68. The zero-order valence-corrected chi connectivity index (χ0v) is 14.4. The molecule has 0 radical (unpaired) electrons. The van der Waals surface area contributed by atoms with Gasteiger partial charge in [-0.2, -0.15) is 0 Å². The Morgan fingerprint density at radius 2 is 1.88 bits per heavy atom. The number of aromatic amines is 1. The number of H-pyrrole nitrogens is 1. The van der Waals surface area contributed by atoms with Gasteiger partial charge in [0, 0.05) is 50.7 Å². The molecule has 3 N–H and O–H groups in total. The molecule has 1 atom stereocenters. The van der Waals surface area contributed by atoms with Crippen molar-refractivity contribution in [3.8, 4) is 0 Å². The van der Waals surface area contributed by atoms with E-state index < -0.39 is 0 Å². The van der Waals surface area contributed by atoms with Gasteiger partial charge in [0.15, 0.2) is 0 Å². The van der Waals surface area contributed by atoms with Crippen molar-refractivity contribution in [2.75, 3.05) is 39.8 Å². The molecule has 2 heterocycles. The molecule has 2 aromatic rings. The lowest BCUT2D eigenvalue weighted by molar-refractivity contribution is -0.135. The number of benzene rings is 1. The van der Waals surface area contributed by atoms with Crippen LogP contribution in [0.3, 0.4) is 0 Å². The second-order valence-electron chi connectivity index (χ2n) is 6.24. The quantitative estimate of drug-likeness (QED) is 0.840. The molecule has 0 bridgehead atoms. The van der Waals surface area contributed by atoms with Crippen LogP contribution in [0.1, 0.15) is 16.9 Å². The Balaban J connectivity index is 1.58. The minimum absolute atomic E-state index is 0.0232. The number of para-hydroxylation sites is 1. The van der Waals surface area contributed by atoms with Gasteiger partial charge in [-0.25, -0.2) is 0 Å². The highest BCUT2D eigenvalue weighted by Crippen LogP contribution is 2.17. The Bertz CT molecular complexity index is 713. The Kier molecular flexibility index (Phi) is 5.35. The third kappa shape index (κ3) is 3.83. The van der Waals surface area contributed by atoms with Gasteiger partial charge in [0.05, 0.1) is 12.5 Å². The summed E-state index contributed by atoms with van der Waals surface area (Å²) in [5, 5.41) is 1.02. The Morgan fingerprint density at radius 3 is 2.52 bits per heavy atom. The maximum Gasteiger partial charge on any atom is 0.270 e. The van der Waals surface area contributed by atoms with E-state index in [1.54, 1.807) is 16.9 Å². The summed E-state index contributed by atoms with van der Waals surface area (Å²) in [6.07, 6.45) is 0.0293. The van der Waals surface area contributed by atoms with Crippen LogP contribution in [0, 0.1) is 0 Å². The fourth-order valence-electron chi connectivity index (χ4n) is 3.10. The fraction of sp³-hybridized carbons (Fsp3) is 0.444. The van der Waals surface area contributed by atoms with Gasteiger partial charge in [0.1, 0.15) is 5.69 Å². The molecular weight excluding hydrogens is 320 g/mol. The highest BCUT2D eigenvalue weighted by Gasteiger charge is 2.26. The molecule has 7 heteroatoms. The molecule has 134 valence electrons. The van der Waals surface area contributed by atoms with Crippen LogP contribution in [0.15, 0.2) is 30.3 Å². The average Bonchev–Trinajstić information content (AvgIpc) is 3.09. The van der Waals surface area contributed by atoms with Gasteiger partial charge in [0.2, 0.25) is 5.91 Å².